The molecule has 2 fully saturated rings. The molecule has 2 atom stereocenters. The Hall–Kier alpha value is -0.810. The molecule has 0 spiro atoms. The first kappa shape index (κ1) is 21.5. The van der Waals surface area contributed by atoms with E-state index in [0.717, 1.165) is 44.4 Å². The molecule has 1 aliphatic heterocycles. The topological polar surface area (TPSA) is 59.9 Å². The first-order valence-electron chi connectivity index (χ1n) is 11.0. The number of guanidine groups is 1. The van der Waals surface area contributed by atoms with E-state index in [4.69, 9.17) is 4.99 Å². The lowest BCUT2D eigenvalue weighted by molar-refractivity contribution is 0.245. The molecule has 0 amide bonds. The van der Waals surface area contributed by atoms with Crippen LogP contribution in [-0.4, -0.2) is 61.3 Å². The molecule has 1 saturated heterocycles. The van der Waals surface area contributed by atoms with Crippen LogP contribution in [-0.2, 0) is 0 Å². The van der Waals surface area contributed by atoms with Crippen molar-refractivity contribution in [2.24, 2.45) is 22.7 Å². The van der Waals surface area contributed by atoms with Crippen molar-refractivity contribution in [2.45, 2.75) is 71.8 Å². The monoisotopic (exact) mass is 366 g/mol. The Morgan fingerprint density at radius 2 is 2.00 bits per heavy atom. The number of hydrogen-bond acceptors (Lipinski definition) is 3. The van der Waals surface area contributed by atoms with Gasteiger partial charge in [0.25, 0.3) is 0 Å². The van der Waals surface area contributed by atoms with Gasteiger partial charge in [-0.3, -0.25) is 4.99 Å². The van der Waals surface area contributed by atoms with Crippen molar-refractivity contribution in [3.8, 4) is 0 Å². The molecule has 5 heteroatoms. The largest absolute Gasteiger partial charge is 0.396 e. The third-order valence-electron chi connectivity index (χ3n) is 5.80. The van der Waals surface area contributed by atoms with Crippen molar-refractivity contribution >= 4 is 5.96 Å². The van der Waals surface area contributed by atoms with Gasteiger partial charge in [-0.05, 0) is 56.8 Å². The number of rotatable bonds is 10. The molecule has 2 rings (SSSR count). The summed E-state index contributed by atoms with van der Waals surface area (Å²) in [7, 11) is 0. The SMILES string of the molecule is CCNC(=NCC(CCO)CC(C)C)NC1CCN(CC2CCCC2)C1. The second-order valence-corrected chi connectivity index (χ2v) is 8.77. The minimum atomic E-state index is 0.260. The highest BCUT2D eigenvalue weighted by Crippen LogP contribution is 2.26. The summed E-state index contributed by atoms with van der Waals surface area (Å²) in [6.45, 7) is 12.2. The Morgan fingerprint density at radius 3 is 2.65 bits per heavy atom. The van der Waals surface area contributed by atoms with Crippen LogP contribution < -0.4 is 10.6 Å². The van der Waals surface area contributed by atoms with Crippen molar-refractivity contribution in [3.05, 3.63) is 0 Å². The fourth-order valence-electron chi connectivity index (χ4n) is 4.54. The van der Waals surface area contributed by atoms with Gasteiger partial charge < -0.3 is 20.6 Å². The average Bonchev–Trinajstić information content (AvgIpc) is 3.25. The minimum Gasteiger partial charge on any atom is -0.396 e. The smallest absolute Gasteiger partial charge is 0.191 e. The highest BCUT2D eigenvalue weighted by Gasteiger charge is 2.26. The fourth-order valence-corrected chi connectivity index (χ4v) is 4.54. The normalized spacial score (nSPS) is 23.7. The number of aliphatic imine (C=N–C) groups is 1. The van der Waals surface area contributed by atoms with Crippen molar-refractivity contribution in [3.63, 3.8) is 0 Å². The van der Waals surface area contributed by atoms with Gasteiger partial charge in [0.1, 0.15) is 0 Å². The maximum absolute atomic E-state index is 9.31. The molecular weight excluding hydrogens is 324 g/mol. The molecule has 0 bridgehead atoms. The molecular formula is C21H42N4O. The van der Waals surface area contributed by atoms with Gasteiger partial charge in [-0.2, -0.15) is 0 Å². The van der Waals surface area contributed by atoms with E-state index in [-0.39, 0.29) is 6.61 Å². The zero-order valence-electron chi connectivity index (χ0n) is 17.3. The van der Waals surface area contributed by atoms with Crippen molar-refractivity contribution < 1.29 is 5.11 Å². The minimum absolute atomic E-state index is 0.260. The Balaban J connectivity index is 1.80. The molecule has 1 saturated carbocycles. The maximum Gasteiger partial charge on any atom is 0.191 e. The average molecular weight is 367 g/mol. The maximum atomic E-state index is 9.31. The zero-order valence-corrected chi connectivity index (χ0v) is 17.3. The molecule has 3 N–H and O–H groups in total. The zero-order chi connectivity index (χ0) is 18.8. The summed E-state index contributed by atoms with van der Waals surface area (Å²) in [5.74, 6) is 3.01. The van der Waals surface area contributed by atoms with E-state index < -0.39 is 0 Å². The van der Waals surface area contributed by atoms with Crippen LogP contribution in [0.4, 0.5) is 0 Å². The van der Waals surface area contributed by atoms with E-state index in [1.165, 1.54) is 45.2 Å². The lowest BCUT2D eigenvalue weighted by atomic mass is 9.94. The third kappa shape index (κ3) is 7.83. The lowest BCUT2D eigenvalue weighted by Crippen LogP contribution is -2.45. The number of nitrogens with one attached hydrogen (secondary N) is 2. The van der Waals surface area contributed by atoms with Gasteiger partial charge in [0.05, 0.1) is 0 Å². The van der Waals surface area contributed by atoms with E-state index in [1.807, 2.05) is 0 Å². The second-order valence-electron chi connectivity index (χ2n) is 8.77. The molecule has 1 heterocycles. The number of nitrogens with zero attached hydrogens (tertiary/aromatic N) is 2. The van der Waals surface area contributed by atoms with Crippen LogP contribution in [0.25, 0.3) is 0 Å². The molecule has 0 aromatic carbocycles. The molecule has 0 radical (unpaired) electrons. The first-order valence-corrected chi connectivity index (χ1v) is 11.0. The Bertz CT molecular complexity index is 407. The summed E-state index contributed by atoms with van der Waals surface area (Å²) in [5, 5.41) is 16.4. The number of hydrogen-bond donors (Lipinski definition) is 3. The van der Waals surface area contributed by atoms with Gasteiger partial charge >= 0.3 is 0 Å². The van der Waals surface area contributed by atoms with E-state index in [2.05, 4.69) is 36.3 Å². The molecule has 152 valence electrons. The molecule has 5 nitrogen and oxygen atoms in total. The number of likely N-dealkylation sites (tertiary alicyclic amines) is 1. The van der Waals surface area contributed by atoms with Crippen molar-refractivity contribution in [1.82, 2.24) is 15.5 Å². The van der Waals surface area contributed by atoms with Gasteiger partial charge in [0, 0.05) is 45.4 Å². The van der Waals surface area contributed by atoms with Gasteiger partial charge in [-0.25, -0.2) is 0 Å². The standard InChI is InChI=1S/C21H42N4O/c1-4-22-21(23-14-19(10-12-26)13-17(2)3)24-20-9-11-25(16-20)15-18-7-5-6-8-18/h17-20,26H,4-16H2,1-3H3,(H2,22,23,24). The molecule has 26 heavy (non-hydrogen) atoms. The summed E-state index contributed by atoms with van der Waals surface area (Å²) >= 11 is 0. The quantitative estimate of drug-likeness (QED) is 0.411. The van der Waals surface area contributed by atoms with E-state index in [9.17, 15) is 5.11 Å². The van der Waals surface area contributed by atoms with E-state index in [1.54, 1.807) is 0 Å². The summed E-state index contributed by atoms with van der Waals surface area (Å²) < 4.78 is 0. The molecule has 0 aromatic heterocycles. The fraction of sp³-hybridized carbons (Fsp3) is 0.952. The highest BCUT2D eigenvalue weighted by molar-refractivity contribution is 5.80. The van der Waals surface area contributed by atoms with Gasteiger partial charge in [0.15, 0.2) is 5.96 Å². The van der Waals surface area contributed by atoms with E-state index >= 15 is 0 Å². The Morgan fingerprint density at radius 1 is 1.23 bits per heavy atom. The van der Waals surface area contributed by atoms with Crippen molar-refractivity contribution in [2.75, 3.05) is 39.3 Å². The van der Waals surface area contributed by atoms with Crippen LogP contribution in [0.2, 0.25) is 0 Å². The van der Waals surface area contributed by atoms with Crippen LogP contribution in [0.1, 0.15) is 65.7 Å². The Kier molecular flexibility index (Phi) is 9.76. The van der Waals surface area contributed by atoms with Crippen LogP contribution in [0.3, 0.4) is 0 Å². The lowest BCUT2D eigenvalue weighted by Gasteiger charge is -2.22. The molecule has 2 unspecified atom stereocenters. The van der Waals surface area contributed by atoms with Gasteiger partial charge in [0.2, 0.25) is 0 Å². The van der Waals surface area contributed by atoms with Crippen LogP contribution in [0.5, 0.6) is 0 Å². The second kappa shape index (κ2) is 11.8. The highest BCUT2D eigenvalue weighted by atomic mass is 16.3. The summed E-state index contributed by atoms with van der Waals surface area (Å²) in [6, 6.07) is 0.510. The van der Waals surface area contributed by atoms with Crippen LogP contribution >= 0.6 is 0 Å². The first-order chi connectivity index (χ1) is 12.6. The number of aliphatic hydroxyl groups is 1. The summed E-state index contributed by atoms with van der Waals surface area (Å²) in [4.78, 5) is 7.49. The molecule has 1 aliphatic carbocycles. The van der Waals surface area contributed by atoms with Crippen LogP contribution in [0, 0.1) is 17.8 Å². The molecule has 0 aromatic rings. The van der Waals surface area contributed by atoms with E-state index in [0.29, 0.717) is 17.9 Å². The predicted molar refractivity (Wildman–Crippen MR) is 111 cm³/mol. The number of aliphatic hydroxyl groups excluding tert-OH is 1. The predicted octanol–water partition coefficient (Wildman–Crippen LogP) is 2.85. The summed E-state index contributed by atoms with van der Waals surface area (Å²) in [6.07, 6.45) is 8.91. The third-order valence-corrected chi connectivity index (χ3v) is 5.80. The summed E-state index contributed by atoms with van der Waals surface area (Å²) in [5.41, 5.74) is 0. The molecule has 2 aliphatic rings. The van der Waals surface area contributed by atoms with Crippen molar-refractivity contribution in [1.29, 1.82) is 0 Å². The van der Waals surface area contributed by atoms with Gasteiger partial charge in [-0.15, -0.1) is 0 Å². The van der Waals surface area contributed by atoms with Gasteiger partial charge in [-0.1, -0.05) is 26.7 Å². The van der Waals surface area contributed by atoms with Crippen LogP contribution in [0.15, 0.2) is 4.99 Å². The Labute approximate surface area is 161 Å².